The van der Waals surface area contributed by atoms with Gasteiger partial charge in [-0.2, -0.15) is 0 Å². The van der Waals surface area contributed by atoms with E-state index < -0.39 is 0 Å². The number of hydrogen-bond acceptors (Lipinski definition) is 5. The molecule has 0 radical (unpaired) electrons. The highest BCUT2D eigenvalue weighted by atomic mass is 16.5. The first-order chi connectivity index (χ1) is 14.6. The maximum atomic E-state index is 6.41. The van der Waals surface area contributed by atoms with Crippen LogP contribution in [0.15, 0.2) is 0 Å². The van der Waals surface area contributed by atoms with E-state index in [1.54, 1.807) is 0 Å². The topological polar surface area (TPSA) is 22.2 Å². The summed E-state index contributed by atoms with van der Waals surface area (Å²) in [5.74, 6) is 0.903. The lowest BCUT2D eigenvalue weighted by atomic mass is 9.86. The van der Waals surface area contributed by atoms with Crippen LogP contribution in [0.2, 0.25) is 0 Å². The zero-order chi connectivity index (χ0) is 20.9. The Morgan fingerprint density at radius 3 is 2.07 bits per heavy atom. The van der Waals surface area contributed by atoms with Gasteiger partial charge in [-0.1, -0.05) is 6.42 Å². The van der Waals surface area contributed by atoms with Crippen molar-refractivity contribution in [2.24, 2.45) is 5.92 Å². The average Bonchev–Trinajstić information content (AvgIpc) is 2.73. The molecule has 0 aromatic heterocycles. The summed E-state index contributed by atoms with van der Waals surface area (Å²) in [5.41, 5.74) is 0. The Bertz CT molecular complexity index is 487. The number of piperazine rings is 1. The summed E-state index contributed by atoms with van der Waals surface area (Å²) in [7, 11) is 0. The van der Waals surface area contributed by atoms with Gasteiger partial charge in [0.1, 0.15) is 0 Å². The second kappa shape index (κ2) is 11.1. The first-order valence-corrected chi connectivity index (χ1v) is 13.1. The molecule has 0 spiro atoms. The van der Waals surface area contributed by atoms with Crippen molar-refractivity contribution in [3.05, 3.63) is 0 Å². The molecule has 5 heteroatoms. The molecule has 3 heterocycles. The van der Waals surface area contributed by atoms with Gasteiger partial charge in [0.25, 0.3) is 0 Å². The highest BCUT2D eigenvalue weighted by Crippen LogP contribution is 2.31. The van der Waals surface area contributed by atoms with Crippen LogP contribution in [0.5, 0.6) is 0 Å². The van der Waals surface area contributed by atoms with Gasteiger partial charge in [0, 0.05) is 51.4 Å². The highest BCUT2D eigenvalue weighted by Gasteiger charge is 2.36. The number of likely N-dealkylation sites (tertiary alicyclic amines) is 2. The number of rotatable bonds is 8. The molecule has 0 bridgehead atoms. The van der Waals surface area contributed by atoms with Crippen molar-refractivity contribution in [3.8, 4) is 0 Å². The van der Waals surface area contributed by atoms with Gasteiger partial charge in [-0.3, -0.25) is 4.90 Å². The quantitative estimate of drug-likeness (QED) is 0.600. The van der Waals surface area contributed by atoms with Gasteiger partial charge in [0.15, 0.2) is 0 Å². The molecule has 30 heavy (non-hydrogen) atoms. The Morgan fingerprint density at radius 2 is 1.43 bits per heavy atom. The molecule has 5 nitrogen and oxygen atoms in total. The minimum atomic E-state index is 0.387. The summed E-state index contributed by atoms with van der Waals surface area (Å²) in [6.07, 6.45) is 10.4. The van der Waals surface area contributed by atoms with Crippen LogP contribution >= 0.6 is 0 Å². The SMILES string of the molecule is CC(C)N1CCN(CC2CCN(C[C@@H](C)OC3CC(N4CCCCC4)C3)CC2)CC1. The molecule has 0 aromatic carbocycles. The third kappa shape index (κ3) is 6.41. The second-order valence-electron chi connectivity index (χ2n) is 11.0. The third-order valence-corrected chi connectivity index (χ3v) is 8.28. The van der Waals surface area contributed by atoms with Crippen LogP contribution in [0.3, 0.4) is 0 Å². The van der Waals surface area contributed by atoms with E-state index in [0.29, 0.717) is 18.2 Å². The molecule has 3 saturated heterocycles. The molecule has 0 aromatic rings. The Labute approximate surface area is 186 Å². The van der Waals surface area contributed by atoms with Crippen LogP contribution in [0, 0.1) is 5.92 Å². The molecule has 0 N–H and O–H groups in total. The van der Waals surface area contributed by atoms with E-state index >= 15 is 0 Å². The van der Waals surface area contributed by atoms with Crippen molar-refractivity contribution in [3.63, 3.8) is 0 Å². The first kappa shape index (κ1) is 23.0. The van der Waals surface area contributed by atoms with E-state index in [4.69, 9.17) is 4.74 Å². The van der Waals surface area contributed by atoms with Crippen molar-refractivity contribution < 1.29 is 4.74 Å². The number of piperidine rings is 2. The van der Waals surface area contributed by atoms with E-state index in [1.807, 2.05) is 0 Å². The van der Waals surface area contributed by atoms with Gasteiger partial charge in [-0.25, -0.2) is 0 Å². The fraction of sp³-hybridized carbons (Fsp3) is 1.00. The van der Waals surface area contributed by atoms with E-state index in [-0.39, 0.29) is 0 Å². The Balaban J connectivity index is 1.06. The molecule has 4 aliphatic rings. The maximum Gasteiger partial charge on any atom is 0.0677 e. The largest absolute Gasteiger partial charge is 0.374 e. The number of nitrogens with zero attached hydrogens (tertiary/aromatic N) is 4. The van der Waals surface area contributed by atoms with E-state index in [1.165, 1.54) is 104 Å². The predicted octanol–water partition coefficient (Wildman–Crippen LogP) is 3.15. The van der Waals surface area contributed by atoms with Crippen molar-refractivity contribution in [1.82, 2.24) is 19.6 Å². The molecule has 174 valence electrons. The molecule has 4 fully saturated rings. The Hall–Kier alpha value is -0.200. The second-order valence-corrected chi connectivity index (χ2v) is 11.0. The van der Waals surface area contributed by atoms with Gasteiger partial charge in [-0.15, -0.1) is 0 Å². The summed E-state index contributed by atoms with van der Waals surface area (Å²) < 4.78 is 6.41. The van der Waals surface area contributed by atoms with Crippen molar-refractivity contribution in [2.45, 2.75) is 90.0 Å². The predicted molar refractivity (Wildman–Crippen MR) is 125 cm³/mol. The molecule has 3 aliphatic heterocycles. The lowest BCUT2D eigenvalue weighted by molar-refractivity contribution is -0.0934. The zero-order valence-corrected chi connectivity index (χ0v) is 20.1. The van der Waals surface area contributed by atoms with Crippen LogP contribution in [-0.2, 0) is 4.74 Å². The molecule has 0 amide bonds. The normalized spacial score (nSPS) is 32.4. The van der Waals surface area contributed by atoms with E-state index in [0.717, 1.165) is 18.5 Å². The molecule has 1 aliphatic carbocycles. The molecular formula is C25H48N4O. The van der Waals surface area contributed by atoms with Crippen molar-refractivity contribution >= 4 is 0 Å². The summed E-state index contributed by atoms with van der Waals surface area (Å²) in [4.78, 5) is 10.7. The fourth-order valence-corrected chi connectivity index (χ4v) is 6.14. The first-order valence-electron chi connectivity index (χ1n) is 13.1. The van der Waals surface area contributed by atoms with Gasteiger partial charge in [-0.05, 0) is 91.4 Å². The molecular weight excluding hydrogens is 372 g/mol. The van der Waals surface area contributed by atoms with E-state index in [9.17, 15) is 0 Å². The molecule has 4 rings (SSSR count). The number of hydrogen-bond donors (Lipinski definition) is 0. The summed E-state index contributed by atoms with van der Waals surface area (Å²) in [6.45, 7) is 19.6. The van der Waals surface area contributed by atoms with Crippen LogP contribution in [-0.4, -0.2) is 109 Å². The highest BCUT2D eigenvalue weighted by molar-refractivity contribution is 4.90. The molecule has 1 atom stereocenters. The molecule has 0 unspecified atom stereocenters. The van der Waals surface area contributed by atoms with Gasteiger partial charge < -0.3 is 19.4 Å². The smallest absolute Gasteiger partial charge is 0.0677 e. The lowest BCUT2D eigenvalue weighted by Crippen LogP contribution is -2.51. The Morgan fingerprint density at radius 1 is 0.767 bits per heavy atom. The fourth-order valence-electron chi connectivity index (χ4n) is 6.14. The lowest BCUT2D eigenvalue weighted by Gasteiger charge is -2.45. The van der Waals surface area contributed by atoms with Crippen molar-refractivity contribution in [1.29, 1.82) is 0 Å². The minimum absolute atomic E-state index is 0.387. The van der Waals surface area contributed by atoms with Crippen molar-refractivity contribution in [2.75, 3.05) is 65.4 Å². The molecule has 1 saturated carbocycles. The minimum Gasteiger partial charge on any atom is -0.374 e. The maximum absolute atomic E-state index is 6.41. The van der Waals surface area contributed by atoms with Gasteiger partial charge in [0.05, 0.1) is 12.2 Å². The van der Waals surface area contributed by atoms with Gasteiger partial charge >= 0.3 is 0 Å². The summed E-state index contributed by atoms with van der Waals surface area (Å²) in [6, 6.07) is 1.52. The van der Waals surface area contributed by atoms with E-state index in [2.05, 4.69) is 40.4 Å². The van der Waals surface area contributed by atoms with Gasteiger partial charge in [0.2, 0.25) is 0 Å². The monoisotopic (exact) mass is 420 g/mol. The summed E-state index contributed by atoms with van der Waals surface area (Å²) >= 11 is 0. The standard InChI is InChI=1S/C25H48N4O/c1-21(2)28-15-13-27(14-16-28)20-23-7-11-26(12-8-23)19-22(3)30-25-17-24(18-25)29-9-5-4-6-10-29/h21-25H,4-20H2,1-3H3/t22-,24?,25?/m1/s1. The van der Waals surface area contributed by atoms with Crippen LogP contribution in [0.25, 0.3) is 0 Å². The van der Waals surface area contributed by atoms with Crippen LogP contribution in [0.4, 0.5) is 0 Å². The van der Waals surface area contributed by atoms with Crippen LogP contribution in [0.1, 0.15) is 65.7 Å². The van der Waals surface area contributed by atoms with Crippen LogP contribution < -0.4 is 0 Å². The third-order valence-electron chi connectivity index (χ3n) is 8.28. The number of ether oxygens (including phenoxy) is 1. The zero-order valence-electron chi connectivity index (χ0n) is 20.1. The summed E-state index contributed by atoms with van der Waals surface area (Å²) in [5, 5.41) is 0. The average molecular weight is 421 g/mol. The Kier molecular flexibility index (Phi) is 8.49.